The molecule has 6 heteroatoms. The van der Waals surface area contributed by atoms with Crippen LogP contribution in [0.1, 0.15) is 63.5 Å². The van der Waals surface area contributed by atoms with Gasteiger partial charge in [0.15, 0.2) is 0 Å². The molecule has 1 saturated heterocycles. The molecule has 1 aliphatic carbocycles. The van der Waals surface area contributed by atoms with Crippen molar-refractivity contribution in [3.8, 4) is 5.75 Å². The van der Waals surface area contributed by atoms with Crippen molar-refractivity contribution >= 4 is 11.8 Å². The second kappa shape index (κ2) is 10.6. The van der Waals surface area contributed by atoms with Gasteiger partial charge in [0.1, 0.15) is 18.3 Å². The maximum absolute atomic E-state index is 13.6. The van der Waals surface area contributed by atoms with Gasteiger partial charge in [0, 0.05) is 25.8 Å². The van der Waals surface area contributed by atoms with Crippen molar-refractivity contribution in [1.82, 2.24) is 9.80 Å². The van der Waals surface area contributed by atoms with Crippen LogP contribution in [-0.4, -0.2) is 61.1 Å². The summed E-state index contributed by atoms with van der Waals surface area (Å²) < 4.78 is 10.7. The Bertz CT molecular complexity index is 668. The number of methoxy groups -OCH3 is 1. The van der Waals surface area contributed by atoms with Crippen molar-refractivity contribution in [2.45, 2.75) is 64.0 Å². The summed E-state index contributed by atoms with van der Waals surface area (Å²) in [6.07, 6.45) is 7.43. The number of ether oxygens (including phenoxy) is 2. The highest BCUT2D eigenvalue weighted by Gasteiger charge is 2.42. The summed E-state index contributed by atoms with van der Waals surface area (Å²) in [6.45, 7) is 3.94. The Balaban J connectivity index is 1.84. The highest BCUT2D eigenvalue weighted by Crippen LogP contribution is 2.32. The van der Waals surface area contributed by atoms with Gasteiger partial charge >= 0.3 is 0 Å². The van der Waals surface area contributed by atoms with E-state index in [0.717, 1.165) is 43.4 Å². The van der Waals surface area contributed by atoms with Crippen molar-refractivity contribution in [3.05, 3.63) is 29.8 Å². The van der Waals surface area contributed by atoms with E-state index < -0.39 is 6.04 Å². The van der Waals surface area contributed by atoms with Crippen LogP contribution in [0.25, 0.3) is 0 Å². The number of nitrogens with zero attached hydrogens (tertiary/aromatic N) is 2. The molecular weight excluding hydrogens is 368 g/mol. The Morgan fingerprint density at radius 1 is 1.03 bits per heavy atom. The molecule has 160 valence electrons. The highest BCUT2D eigenvalue weighted by molar-refractivity contribution is 5.95. The van der Waals surface area contributed by atoms with Crippen LogP contribution < -0.4 is 4.74 Å². The van der Waals surface area contributed by atoms with Gasteiger partial charge in [-0.2, -0.15) is 0 Å². The van der Waals surface area contributed by atoms with Crippen molar-refractivity contribution in [2.24, 2.45) is 0 Å². The first-order valence-electron chi connectivity index (χ1n) is 11.0. The zero-order valence-corrected chi connectivity index (χ0v) is 17.8. The Labute approximate surface area is 174 Å². The van der Waals surface area contributed by atoms with E-state index in [1.807, 2.05) is 36.1 Å². The van der Waals surface area contributed by atoms with Crippen molar-refractivity contribution < 1.29 is 19.1 Å². The Morgan fingerprint density at radius 2 is 1.72 bits per heavy atom. The molecule has 6 nitrogen and oxygen atoms in total. The summed E-state index contributed by atoms with van der Waals surface area (Å²) in [5, 5.41) is 0. The zero-order chi connectivity index (χ0) is 20.6. The standard InChI is InChI=1S/C23H34N2O4/c1-3-29-16-8-15-24-21(26)17-25(19-9-6-4-5-7-10-19)23(27)22(24)18-11-13-20(28-2)14-12-18/h11-14,19,22H,3-10,15-17H2,1-2H3/t22-/m0/s1. The van der Waals surface area contributed by atoms with Gasteiger partial charge in [-0.25, -0.2) is 0 Å². The van der Waals surface area contributed by atoms with E-state index in [2.05, 4.69) is 0 Å². The zero-order valence-electron chi connectivity index (χ0n) is 17.8. The van der Waals surface area contributed by atoms with E-state index in [9.17, 15) is 9.59 Å². The molecule has 29 heavy (non-hydrogen) atoms. The summed E-state index contributed by atoms with van der Waals surface area (Å²) >= 11 is 0. The van der Waals surface area contributed by atoms with Crippen LogP contribution in [0.5, 0.6) is 5.75 Å². The predicted molar refractivity (Wildman–Crippen MR) is 112 cm³/mol. The van der Waals surface area contributed by atoms with E-state index in [1.54, 1.807) is 12.0 Å². The van der Waals surface area contributed by atoms with Crippen molar-refractivity contribution in [2.75, 3.05) is 33.4 Å². The fourth-order valence-electron chi connectivity index (χ4n) is 4.47. The molecule has 1 atom stereocenters. The van der Waals surface area contributed by atoms with Gasteiger partial charge in [-0.15, -0.1) is 0 Å². The minimum Gasteiger partial charge on any atom is -0.497 e. The van der Waals surface area contributed by atoms with Gasteiger partial charge in [-0.05, 0) is 43.9 Å². The van der Waals surface area contributed by atoms with E-state index in [4.69, 9.17) is 9.47 Å². The molecule has 2 amide bonds. The summed E-state index contributed by atoms with van der Waals surface area (Å²) in [4.78, 5) is 30.3. The third-order valence-electron chi connectivity index (χ3n) is 6.04. The molecule has 0 bridgehead atoms. The Hall–Kier alpha value is -2.08. The lowest BCUT2D eigenvalue weighted by Crippen LogP contribution is -2.58. The third kappa shape index (κ3) is 5.30. The highest BCUT2D eigenvalue weighted by atomic mass is 16.5. The maximum Gasteiger partial charge on any atom is 0.250 e. The van der Waals surface area contributed by atoms with Gasteiger partial charge in [0.2, 0.25) is 5.91 Å². The lowest BCUT2D eigenvalue weighted by atomic mass is 9.97. The number of benzene rings is 1. The molecule has 0 aromatic heterocycles. The average Bonchev–Trinajstić information content (AvgIpc) is 3.03. The van der Waals surface area contributed by atoms with Crippen LogP contribution in [0.15, 0.2) is 24.3 Å². The van der Waals surface area contributed by atoms with Crippen LogP contribution in [0.4, 0.5) is 0 Å². The molecule has 3 rings (SSSR count). The Morgan fingerprint density at radius 3 is 2.34 bits per heavy atom. The summed E-state index contributed by atoms with van der Waals surface area (Å²) in [5.41, 5.74) is 0.846. The summed E-state index contributed by atoms with van der Waals surface area (Å²) in [6, 6.07) is 7.14. The number of hydrogen-bond acceptors (Lipinski definition) is 4. The third-order valence-corrected chi connectivity index (χ3v) is 6.04. The van der Waals surface area contributed by atoms with E-state index in [1.165, 1.54) is 12.8 Å². The van der Waals surface area contributed by atoms with Crippen LogP contribution in [0.3, 0.4) is 0 Å². The molecule has 1 saturated carbocycles. The molecule has 0 N–H and O–H groups in total. The SMILES string of the molecule is CCOCCCN1C(=O)CN(C2CCCCCC2)C(=O)[C@@H]1c1ccc(OC)cc1. The number of rotatable bonds is 8. The minimum atomic E-state index is -0.563. The number of amides is 2. The van der Waals surface area contributed by atoms with Crippen LogP contribution >= 0.6 is 0 Å². The minimum absolute atomic E-state index is 0.0335. The van der Waals surface area contributed by atoms with Gasteiger partial charge in [-0.3, -0.25) is 9.59 Å². The first-order valence-corrected chi connectivity index (χ1v) is 11.0. The first kappa shape index (κ1) is 21.6. The molecular formula is C23H34N2O4. The number of hydrogen-bond donors (Lipinski definition) is 0. The topological polar surface area (TPSA) is 59.1 Å². The van der Waals surface area contributed by atoms with E-state index in [-0.39, 0.29) is 24.4 Å². The smallest absolute Gasteiger partial charge is 0.250 e. The lowest BCUT2D eigenvalue weighted by Gasteiger charge is -2.43. The number of carbonyl (C=O) groups is 2. The van der Waals surface area contributed by atoms with E-state index in [0.29, 0.717) is 19.8 Å². The molecule has 1 aromatic carbocycles. The Kier molecular flexibility index (Phi) is 7.92. The van der Waals surface area contributed by atoms with Crippen LogP contribution in [0, 0.1) is 0 Å². The summed E-state index contributed by atoms with van der Waals surface area (Å²) in [5.74, 6) is 0.830. The lowest BCUT2D eigenvalue weighted by molar-refractivity contribution is -0.159. The fraction of sp³-hybridized carbons (Fsp3) is 0.652. The molecule has 0 unspecified atom stereocenters. The van der Waals surface area contributed by atoms with Crippen LogP contribution in [0.2, 0.25) is 0 Å². The van der Waals surface area contributed by atoms with E-state index >= 15 is 0 Å². The number of piperazine rings is 1. The van der Waals surface area contributed by atoms with Gasteiger partial charge < -0.3 is 19.3 Å². The maximum atomic E-state index is 13.6. The molecule has 0 radical (unpaired) electrons. The molecule has 0 spiro atoms. The fourth-order valence-corrected chi connectivity index (χ4v) is 4.47. The first-order chi connectivity index (χ1) is 14.2. The normalized spacial score (nSPS) is 21.4. The van der Waals surface area contributed by atoms with Gasteiger partial charge in [0.05, 0.1) is 7.11 Å². The molecule has 1 heterocycles. The number of carbonyl (C=O) groups excluding carboxylic acids is 2. The van der Waals surface area contributed by atoms with Gasteiger partial charge in [-0.1, -0.05) is 37.8 Å². The second-order valence-electron chi connectivity index (χ2n) is 7.92. The second-order valence-corrected chi connectivity index (χ2v) is 7.92. The quantitative estimate of drug-likeness (QED) is 0.493. The average molecular weight is 403 g/mol. The van der Waals surface area contributed by atoms with Crippen molar-refractivity contribution in [1.29, 1.82) is 0 Å². The van der Waals surface area contributed by atoms with Gasteiger partial charge in [0.25, 0.3) is 5.91 Å². The molecule has 2 fully saturated rings. The molecule has 2 aliphatic rings. The predicted octanol–water partition coefficient (Wildman–Crippen LogP) is 3.56. The monoisotopic (exact) mass is 402 g/mol. The largest absolute Gasteiger partial charge is 0.497 e. The molecule has 1 aromatic rings. The van der Waals surface area contributed by atoms with Crippen LogP contribution in [-0.2, 0) is 14.3 Å². The van der Waals surface area contributed by atoms with Crippen molar-refractivity contribution in [3.63, 3.8) is 0 Å². The summed E-state index contributed by atoms with van der Waals surface area (Å²) in [7, 11) is 1.62. The molecule has 1 aliphatic heterocycles.